The van der Waals surface area contributed by atoms with Crippen LogP contribution in [0.15, 0.2) is 36.4 Å². The lowest BCUT2D eigenvalue weighted by atomic mass is 10.1. The molecule has 2 aromatic rings. The van der Waals surface area contributed by atoms with Crippen molar-refractivity contribution >= 4 is 38.3 Å². The van der Waals surface area contributed by atoms with Crippen LogP contribution in [0.4, 0.5) is 0 Å². The molecule has 1 atom stereocenters. The van der Waals surface area contributed by atoms with Crippen LogP contribution in [0.25, 0.3) is 10.8 Å². The van der Waals surface area contributed by atoms with E-state index in [2.05, 4.69) is 28.9 Å². The van der Waals surface area contributed by atoms with E-state index < -0.39 is 0 Å². The zero-order chi connectivity index (χ0) is 13.7. The molecule has 1 nitrogen and oxygen atoms in total. The molecular formula is C16H18BrClO. The predicted molar refractivity (Wildman–Crippen MR) is 86.6 cm³/mol. The van der Waals surface area contributed by atoms with E-state index in [1.165, 1.54) is 6.42 Å². The first-order valence-corrected chi connectivity index (χ1v) is 8.08. The van der Waals surface area contributed by atoms with Crippen molar-refractivity contribution < 1.29 is 4.74 Å². The van der Waals surface area contributed by atoms with Crippen molar-refractivity contribution in [2.24, 2.45) is 5.92 Å². The van der Waals surface area contributed by atoms with Gasteiger partial charge >= 0.3 is 0 Å². The van der Waals surface area contributed by atoms with Crippen molar-refractivity contribution in [1.29, 1.82) is 0 Å². The first-order chi connectivity index (χ1) is 9.22. The van der Waals surface area contributed by atoms with Crippen LogP contribution in [-0.2, 0) is 0 Å². The number of hydrogen-bond donors (Lipinski definition) is 0. The number of benzene rings is 2. The summed E-state index contributed by atoms with van der Waals surface area (Å²) in [4.78, 5) is 0. The lowest BCUT2D eigenvalue weighted by Crippen LogP contribution is -2.05. The fourth-order valence-corrected chi connectivity index (χ4v) is 3.07. The van der Waals surface area contributed by atoms with Gasteiger partial charge in [0.2, 0.25) is 0 Å². The highest BCUT2D eigenvalue weighted by Crippen LogP contribution is 2.31. The van der Waals surface area contributed by atoms with E-state index in [1.54, 1.807) is 0 Å². The number of fused-ring (bicyclic) bond motifs is 1. The van der Waals surface area contributed by atoms with Gasteiger partial charge in [-0.05, 0) is 30.9 Å². The molecule has 0 aliphatic rings. The summed E-state index contributed by atoms with van der Waals surface area (Å²) < 4.78 is 5.92. The summed E-state index contributed by atoms with van der Waals surface area (Å²) in [6, 6.07) is 12.0. The average molecular weight is 342 g/mol. The highest BCUT2D eigenvalue weighted by Gasteiger charge is 2.06. The smallest absolute Gasteiger partial charge is 0.127 e. The monoisotopic (exact) mass is 340 g/mol. The van der Waals surface area contributed by atoms with E-state index in [0.29, 0.717) is 5.92 Å². The van der Waals surface area contributed by atoms with E-state index in [4.69, 9.17) is 16.3 Å². The van der Waals surface area contributed by atoms with Crippen LogP contribution in [0.2, 0.25) is 5.02 Å². The van der Waals surface area contributed by atoms with Crippen LogP contribution in [0.3, 0.4) is 0 Å². The predicted octanol–water partition coefficient (Wildman–Crippen LogP) is 5.68. The maximum absolute atomic E-state index is 6.19. The number of ether oxygens (including phenoxy) is 1. The number of hydrogen-bond acceptors (Lipinski definition) is 1. The molecule has 0 aromatic heterocycles. The van der Waals surface area contributed by atoms with E-state index in [0.717, 1.165) is 39.9 Å². The van der Waals surface area contributed by atoms with Crippen LogP contribution in [-0.4, -0.2) is 11.9 Å². The van der Waals surface area contributed by atoms with Gasteiger partial charge in [0.25, 0.3) is 0 Å². The molecule has 0 spiro atoms. The zero-order valence-electron chi connectivity index (χ0n) is 11.0. The minimum atomic E-state index is 0.679. The fraction of sp³-hybridized carbons (Fsp3) is 0.375. The Morgan fingerprint density at radius 1 is 1.11 bits per heavy atom. The second-order valence-corrected chi connectivity index (χ2v) is 6.01. The molecule has 2 rings (SSSR count). The molecule has 0 bridgehead atoms. The summed E-state index contributed by atoms with van der Waals surface area (Å²) >= 11 is 9.67. The van der Waals surface area contributed by atoms with Gasteiger partial charge in [0.1, 0.15) is 5.75 Å². The second kappa shape index (κ2) is 7.16. The van der Waals surface area contributed by atoms with E-state index in [-0.39, 0.29) is 0 Å². The Morgan fingerprint density at radius 3 is 2.58 bits per heavy atom. The molecule has 0 saturated heterocycles. The van der Waals surface area contributed by atoms with Crippen LogP contribution in [0.5, 0.6) is 5.75 Å². The summed E-state index contributed by atoms with van der Waals surface area (Å²) in [6.45, 7) is 3.00. The van der Waals surface area contributed by atoms with Crippen LogP contribution in [0, 0.1) is 5.92 Å². The number of alkyl halides is 1. The van der Waals surface area contributed by atoms with Crippen molar-refractivity contribution in [3.63, 3.8) is 0 Å². The van der Waals surface area contributed by atoms with Crippen LogP contribution >= 0.6 is 27.5 Å². The van der Waals surface area contributed by atoms with Gasteiger partial charge in [0.15, 0.2) is 0 Å². The molecule has 2 aromatic carbocycles. The zero-order valence-corrected chi connectivity index (χ0v) is 13.4. The largest absolute Gasteiger partial charge is 0.493 e. The maximum atomic E-state index is 6.19. The third kappa shape index (κ3) is 3.87. The summed E-state index contributed by atoms with van der Waals surface area (Å²) in [7, 11) is 0. The molecule has 0 radical (unpaired) electrons. The second-order valence-electron chi connectivity index (χ2n) is 4.81. The molecule has 102 valence electrons. The van der Waals surface area contributed by atoms with Crippen molar-refractivity contribution in [2.45, 2.75) is 19.8 Å². The summed E-state index contributed by atoms with van der Waals surface area (Å²) in [6.07, 6.45) is 2.26. The van der Waals surface area contributed by atoms with Crippen molar-refractivity contribution in [1.82, 2.24) is 0 Å². The van der Waals surface area contributed by atoms with Gasteiger partial charge in [-0.3, -0.25) is 0 Å². The van der Waals surface area contributed by atoms with Gasteiger partial charge in [-0.15, -0.1) is 0 Å². The topological polar surface area (TPSA) is 9.23 Å². The third-order valence-corrected chi connectivity index (χ3v) is 4.09. The number of rotatable bonds is 6. The van der Waals surface area contributed by atoms with E-state index in [9.17, 15) is 0 Å². The van der Waals surface area contributed by atoms with Gasteiger partial charge in [0, 0.05) is 21.1 Å². The number of halogens is 2. The maximum Gasteiger partial charge on any atom is 0.127 e. The Labute approximate surface area is 128 Å². The Morgan fingerprint density at radius 2 is 1.84 bits per heavy atom. The Hall–Kier alpha value is -0.730. The van der Waals surface area contributed by atoms with Gasteiger partial charge in [-0.2, -0.15) is 0 Å². The Kier molecular flexibility index (Phi) is 5.53. The van der Waals surface area contributed by atoms with Crippen molar-refractivity contribution in [2.75, 3.05) is 11.9 Å². The van der Waals surface area contributed by atoms with E-state index >= 15 is 0 Å². The van der Waals surface area contributed by atoms with E-state index in [1.807, 2.05) is 30.3 Å². The normalized spacial score (nSPS) is 12.6. The highest BCUT2D eigenvalue weighted by molar-refractivity contribution is 9.09. The highest BCUT2D eigenvalue weighted by atomic mass is 79.9. The van der Waals surface area contributed by atoms with Crippen molar-refractivity contribution in [3.05, 3.63) is 41.4 Å². The minimum absolute atomic E-state index is 0.679. The summed E-state index contributed by atoms with van der Waals surface area (Å²) in [5, 5.41) is 3.96. The molecule has 1 unspecified atom stereocenters. The van der Waals surface area contributed by atoms with Gasteiger partial charge < -0.3 is 4.74 Å². The molecule has 0 saturated carbocycles. The minimum Gasteiger partial charge on any atom is -0.493 e. The molecule has 0 aliphatic heterocycles. The lowest BCUT2D eigenvalue weighted by molar-refractivity contribution is 0.285. The molecule has 3 heteroatoms. The van der Waals surface area contributed by atoms with Gasteiger partial charge in [0.05, 0.1) is 6.61 Å². The molecular weight excluding hydrogens is 324 g/mol. The molecule has 19 heavy (non-hydrogen) atoms. The molecule has 0 heterocycles. The SMILES string of the molecule is CC(CCBr)CCOc1ccc(Cl)c2ccccc12. The van der Waals surface area contributed by atoms with Gasteiger partial charge in [-0.1, -0.05) is 58.7 Å². The summed E-state index contributed by atoms with van der Waals surface area (Å²) in [5.74, 6) is 1.60. The first kappa shape index (κ1) is 14.7. The van der Waals surface area contributed by atoms with Crippen LogP contribution in [0.1, 0.15) is 19.8 Å². The Balaban J connectivity index is 2.07. The molecule has 0 amide bonds. The molecule has 0 fully saturated rings. The lowest BCUT2D eigenvalue weighted by Gasteiger charge is -2.13. The Bertz CT molecular complexity index is 541. The first-order valence-electron chi connectivity index (χ1n) is 6.58. The van der Waals surface area contributed by atoms with Gasteiger partial charge in [-0.25, -0.2) is 0 Å². The quantitative estimate of drug-likeness (QED) is 0.614. The average Bonchev–Trinajstić information content (AvgIpc) is 2.42. The molecule has 0 aliphatic carbocycles. The molecule has 0 N–H and O–H groups in total. The van der Waals surface area contributed by atoms with Crippen molar-refractivity contribution in [3.8, 4) is 5.75 Å². The third-order valence-electron chi connectivity index (χ3n) is 3.30. The fourth-order valence-electron chi connectivity index (χ4n) is 2.06. The van der Waals surface area contributed by atoms with Crippen LogP contribution < -0.4 is 4.74 Å². The summed E-state index contributed by atoms with van der Waals surface area (Å²) in [5.41, 5.74) is 0. The standard InChI is InChI=1S/C16H18BrClO/c1-12(8-10-17)9-11-19-16-7-6-15(18)13-4-2-3-5-14(13)16/h2-7,12H,8-11H2,1H3.